The highest BCUT2D eigenvalue weighted by Crippen LogP contribution is 2.17. The van der Waals surface area contributed by atoms with Crippen molar-refractivity contribution in [2.24, 2.45) is 5.73 Å². The summed E-state index contributed by atoms with van der Waals surface area (Å²) in [4.78, 5) is 8.29. The summed E-state index contributed by atoms with van der Waals surface area (Å²) in [7, 11) is 0. The minimum atomic E-state index is -0.0906. The zero-order chi connectivity index (χ0) is 19.9. The van der Waals surface area contributed by atoms with Crippen LogP contribution in [0.5, 0.6) is 5.75 Å². The molecule has 0 aliphatic rings. The molecule has 2 N–H and O–H groups in total. The van der Waals surface area contributed by atoms with E-state index in [1.807, 2.05) is 30.4 Å². The number of nitrogens with two attached hydrogens (primary N) is 1. The Bertz CT molecular complexity index is 1110. The number of hydrogen-bond acceptors (Lipinski definition) is 4. The van der Waals surface area contributed by atoms with E-state index >= 15 is 0 Å². The summed E-state index contributed by atoms with van der Waals surface area (Å²) in [6.45, 7) is 0.437. The van der Waals surface area contributed by atoms with Crippen LogP contribution in [0.4, 0.5) is 0 Å². The van der Waals surface area contributed by atoms with Crippen molar-refractivity contribution < 1.29 is 4.74 Å². The summed E-state index contributed by atoms with van der Waals surface area (Å²) in [6, 6.07) is 20.6. The first-order chi connectivity index (χ1) is 14.3. The van der Waals surface area contributed by atoms with E-state index in [0.29, 0.717) is 6.61 Å². The van der Waals surface area contributed by atoms with Crippen molar-refractivity contribution in [3.63, 3.8) is 0 Å². The lowest BCUT2D eigenvalue weighted by molar-refractivity contribution is 0.286. The molecule has 0 aliphatic carbocycles. The highest BCUT2D eigenvalue weighted by Gasteiger charge is 2.07. The van der Waals surface area contributed by atoms with E-state index in [0.717, 1.165) is 23.3 Å². The molecule has 0 aliphatic heterocycles. The smallest absolute Gasteiger partial charge is 0.138 e. The Morgan fingerprint density at radius 3 is 2.48 bits per heavy atom. The molecule has 144 valence electrons. The van der Waals surface area contributed by atoms with Gasteiger partial charge < -0.3 is 10.5 Å². The molecule has 29 heavy (non-hydrogen) atoms. The SMILES string of the molecule is N[C@H](COc1cncc(C=Cc2ccncc2)c1)Cc1ccc2ccccc2c1. The Labute approximate surface area is 170 Å². The van der Waals surface area contributed by atoms with E-state index in [9.17, 15) is 0 Å². The van der Waals surface area contributed by atoms with Crippen molar-refractivity contribution in [2.75, 3.05) is 6.61 Å². The Morgan fingerprint density at radius 2 is 1.62 bits per heavy atom. The predicted molar refractivity (Wildman–Crippen MR) is 119 cm³/mol. The van der Waals surface area contributed by atoms with E-state index < -0.39 is 0 Å². The van der Waals surface area contributed by atoms with Crippen LogP contribution in [0.2, 0.25) is 0 Å². The lowest BCUT2D eigenvalue weighted by atomic mass is 10.0. The number of aromatic nitrogens is 2. The third kappa shape index (κ3) is 5.27. The zero-order valence-corrected chi connectivity index (χ0v) is 16.1. The maximum absolute atomic E-state index is 6.31. The Morgan fingerprint density at radius 1 is 0.828 bits per heavy atom. The standard InChI is InChI=1S/C25H23N3O/c26-24(14-20-7-8-22-3-1-2-4-23(22)13-20)18-29-25-15-21(16-28-17-25)6-5-19-9-11-27-12-10-19/h1-13,15-17,24H,14,18,26H2/t24-/m0/s1. The molecule has 0 fully saturated rings. The first kappa shape index (κ1) is 18.8. The number of hydrogen-bond donors (Lipinski definition) is 1. The van der Waals surface area contributed by atoms with Gasteiger partial charge in [-0.1, -0.05) is 54.6 Å². The number of benzene rings is 2. The molecule has 0 saturated carbocycles. The van der Waals surface area contributed by atoms with E-state index in [2.05, 4.69) is 52.4 Å². The van der Waals surface area contributed by atoms with Crippen LogP contribution in [0.25, 0.3) is 22.9 Å². The molecule has 0 bridgehead atoms. The number of ether oxygens (including phenoxy) is 1. The molecule has 2 heterocycles. The van der Waals surface area contributed by atoms with Gasteiger partial charge >= 0.3 is 0 Å². The molecule has 0 spiro atoms. The number of nitrogens with zero attached hydrogens (tertiary/aromatic N) is 2. The average Bonchev–Trinajstić information content (AvgIpc) is 2.77. The normalized spacial score (nSPS) is 12.3. The molecule has 4 heteroatoms. The number of pyridine rings is 2. The fourth-order valence-electron chi connectivity index (χ4n) is 3.20. The lowest BCUT2D eigenvalue weighted by Gasteiger charge is -2.14. The lowest BCUT2D eigenvalue weighted by Crippen LogP contribution is -2.30. The summed E-state index contributed by atoms with van der Waals surface area (Å²) < 4.78 is 5.89. The molecular weight excluding hydrogens is 358 g/mol. The van der Waals surface area contributed by atoms with Crippen molar-refractivity contribution in [2.45, 2.75) is 12.5 Å². The van der Waals surface area contributed by atoms with Crippen LogP contribution in [-0.4, -0.2) is 22.6 Å². The van der Waals surface area contributed by atoms with Crippen molar-refractivity contribution in [3.05, 3.63) is 102 Å². The van der Waals surface area contributed by atoms with Crippen LogP contribution in [0.15, 0.2) is 85.5 Å². The van der Waals surface area contributed by atoms with Crippen LogP contribution in [0, 0.1) is 0 Å². The van der Waals surface area contributed by atoms with E-state index in [-0.39, 0.29) is 6.04 Å². The van der Waals surface area contributed by atoms with Crippen molar-refractivity contribution in [1.29, 1.82) is 0 Å². The third-order valence-electron chi connectivity index (χ3n) is 4.68. The molecule has 2 aromatic carbocycles. The number of fused-ring (bicyclic) bond motifs is 1. The second kappa shape index (κ2) is 9.13. The predicted octanol–water partition coefficient (Wildman–Crippen LogP) is 4.75. The van der Waals surface area contributed by atoms with Crippen molar-refractivity contribution >= 4 is 22.9 Å². The summed E-state index contributed by atoms with van der Waals surface area (Å²) in [6.07, 6.45) is 11.9. The monoisotopic (exact) mass is 381 g/mol. The average molecular weight is 381 g/mol. The zero-order valence-electron chi connectivity index (χ0n) is 16.1. The van der Waals surface area contributed by atoms with Crippen LogP contribution in [0.3, 0.4) is 0 Å². The van der Waals surface area contributed by atoms with Gasteiger partial charge in [-0.25, -0.2) is 0 Å². The minimum Gasteiger partial charge on any atom is -0.490 e. The second-order valence-corrected chi connectivity index (χ2v) is 7.02. The molecule has 0 amide bonds. The van der Waals surface area contributed by atoms with Crippen LogP contribution in [-0.2, 0) is 6.42 Å². The molecule has 0 unspecified atom stereocenters. The van der Waals surface area contributed by atoms with E-state index in [1.54, 1.807) is 24.8 Å². The fourth-order valence-corrected chi connectivity index (χ4v) is 3.20. The summed E-state index contributed by atoms with van der Waals surface area (Å²) in [5.74, 6) is 0.718. The van der Waals surface area contributed by atoms with Gasteiger partial charge in [-0.05, 0) is 52.1 Å². The maximum Gasteiger partial charge on any atom is 0.138 e. The minimum absolute atomic E-state index is 0.0906. The molecule has 1 atom stereocenters. The summed E-state index contributed by atoms with van der Waals surface area (Å²) >= 11 is 0. The fraction of sp³-hybridized carbons (Fsp3) is 0.120. The van der Waals surface area contributed by atoms with Gasteiger partial charge in [-0.15, -0.1) is 0 Å². The van der Waals surface area contributed by atoms with Gasteiger partial charge in [0, 0.05) is 24.6 Å². The van der Waals surface area contributed by atoms with Gasteiger partial charge in [0.25, 0.3) is 0 Å². The van der Waals surface area contributed by atoms with Crippen LogP contribution < -0.4 is 10.5 Å². The molecule has 0 radical (unpaired) electrons. The first-order valence-electron chi connectivity index (χ1n) is 9.65. The Balaban J connectivity index is 1.35. The van der Waals surface area contributed by atoms with Crippen molar-refractivity contribution in [1.82, 2.24) is 9.97 Å². The maximum atomic E-state index is 6.31. The van der Waals surface area contributed by atoms with Gasteiger partial charge in [0.05, 0.1) is 6.20 Å². The quantitative estimate of drug-likeness (QED) is 0.502. The summed E-state index contributed by atoms with van der Waals surface area (Å²) in [5.41, 5.74) is 9.58. The van der Waals surface area contributed by atoms with Gasteiger partial charge in [-0.3, -0.25) is 9.97 Å². The third-order valence-corrected chi connectivity index (χ3v) is 4.68. The Kier molecular flexibility index (Phi) is 5.93. The van der Waals surface area contributed by atoms with E-state index in [4.69, 9.17) is 10.5 Å². The first-order valence-corrected chi connectivity index (χ1v) is 9.65. The second-order valence-electron chi connectivity index (χ2n) is 7.02. The van der Waals surface area contributed by atoms with Gasteiger partial charge in [0.1, 0.15) is 12.4 Å². The highest BCUT2D eigenvalue weighted by atomic mass is 16.5. The van der Waals surface area contributed by atoms with Gasteiger partial charge in [0.2, 0.25) is 0 Å². The molecule has 2 aromatic heterocycles. The Hall–Kier alpha value is -3.50. The highest BCUT2D eigenvalue weighted by molar-refractivity contribution is 5.83. The van der Waals surface area contributed by atoms with Crippen LogP contribution in [0.1, 0.15) is 16.7 Å². The van der Waals surface area contributed by atoms with Crippen molar-refractivity contribution in [3.8, 4) is 5.75 Å². The number of rotatable bonds is 7. The van der Waals surface area contributed by atoms with Crippen LogP contribution >= 0.6 is 0 Å². The molecular formula is C25H23N3O. The topological polar surface area (TPSA) is 61.0 Å². The van der Waals surface area contributed by atoms with Gasteiger partial charge in [-0.2, -0.15) is 0 Å². The molecule has 4 nitrogen and oxygen atoms in total. The molecule has 0 saturated heterocycles. The molecule has 4 rings (SSSR count). The summed E-state index contributed by atoms with van der Waals surface area (Å²) in [5, 5.41) is 2.47. The molecule has 4 aromatic rings. The van der Waals surface area contributed by atoms with E-state index in [1.165, 1.54) is 16.3 Å². The van der Waals surface area contributed by atoms with Gasteiger partial charge in [0.15, 0.2) is 0 Å². The largest absolute Gasteiger partial charge is 0.490 e.